The number of hydrogen-bond acceptors (Lipinski definition) is 4. The molecular weight excluding hydrogens is 199 g/mol. The van der Waals surface area contributed by atoms with Gasteiger partial charge >= 0.3 is 8.80 Å². The van der Waals surface area contributed by atoms with Crippen LogP contribution in [-0.4, -0.2) is 58.6 Å². The van der Waals surface area contributed by atoms with Crippen LogP contribution in [-0.2, 0) is 18.1 Å². The Kier molecular flexibility index (Phi) is 9.83. The average molecular weight is 215 g/mol. The number of hydrogen-bond donors (Lipinski definition) is 0. The van der Waals surface area contributed by atoms with E-state index >= 15 is 0 Å². The molecule has 0 aliphatic rings. The molecule has 0 N–H and O–H groups in total. The predicted octanol–water partition coefficient (Wildman–Crippen LogP) is 0.810. The van der Waals surface area contributed by atoms with Gasteiger partial charge in [-0.2, -0.15) is 0 Å². The quantitative estimate of drug-likeness (QED) is 0.637. The molecule has 0 aliphatic heterocycles. The van der Waals surface area contributed by atoms with Gasteiger partial charge in [-0.3, -0.25) is 4.79 Å². The molecule has 13 heavy (non-hydrogen) atoms. The van der Waals surface area contributed by atoms with Gasteiger partial charge in [0.25, 0.3) is 5.97 Å². The molecule has 0 spiro atoms. The molecule has 4 nitrogen and oxygen atoms in total. The van der Waals surface area contributed by atoms with Gasteiger partial charge in [-0.15, -0.1) is 0 Å². The summed E-state index contributed by atoms with van der Waals surface area (Å²) < 4.78 is 15.0. The van der Waals surface area contributed by atoms with Crippen molar-refractivity contribution in [2.45, 2.75) is 26.3 Å². The van der Waals surface area contributed by atoms with E-state index in [0.717, 1.165) is 6.42 Å². The summed E-state index contributed by atoms with van der Waals surface area (Å²) in [6, 6.07) is 0. The Hall–Kier alpha value is 0.607. The largest absolute Gasteiger partial charge is 0.564 e. The van der Waals surface area contributed by atoms with Gasteiger partial charge in [-0.1, -0.05) is 6.92 Å². The number of carbonyl (C=O) groups excluding carboxylic acids is 1. The maximum Gasteiger partial charge on any atom is 0.564 e. The molecule has 1 radical (unpaired) electrons. The molecule has 0 heterocycles. The van der Waals surface area contributed by atoms with E-state index in [0.29, 0.717) is 6.42 Å². The standard InChI is InChI=1S/C7H16O4Si.Na/c1-5-6-7(8)11-12(4,9-2)10-3;/h5-6H2,1-4H3;. The van der Waals surface area contributed by atoms with E-state index in [-0.39, 0.29) is 35.5 Å². The van der Waals surface area contributed by atoms with E-state index in [2.05, 4.69) is 0 Å². The zero-order valence-electron chi connectivity index (χ0n) is 9.05. The molecule has 0 fully saturated rings. The summed E-state index contributed by atoms with van der Waals surface area (Å²) in [7, 11) is 0.315. The van der Waals surface area contributed by atoms with Crippen molar-refractivity contribution in [1.29, 1.82) is 0 Å². The molecule has 6 heteroatoms. The van der Waals surface area contributed by atoms with Crippen LogP contribution in [0.1, 0.15) is 19.8 Å². The van der Waals surface area contributed by atoms with Crippen LogP contribution in [0.15, 0.2) is 0 Å². The molecule has 0 aromatic rings. The minimum absolute atomic E-state index is 0. The molecule has 0 amide bonds. The van der Waals surface area contributed by atoms with E-state index in [1.807, 2.05) is 6.92 Å². The first-order valence-corrected chi connectivity index (χ1v) is 6.12. The fourth-order valence-electron chi connectivity index (χ4n) is 0.629. The summed E-state index contributed by atoms with van der Waals surface area (Å²) >= 11 is 0. The van der Waals surface area contributed by atoms with Gasteiger partial charge in [0.15, 0.2) is 0 Å². The summed E-state index contributed by atoms with van der Waals surface area (Å²) in [6.45, 7) is 3.60. The average Bonchev–Trinajstić information content (AvgIpc) is 2.05. The fourth-order valence-corrected chi connectivity index (χ4v) is 1.48. The van der Waals surface area contributed by atoms with Gasteiger partial charge in [0.2, 0.25) is 0 Å². The third-order valence-electron chi connectivity index (χ3n) is 1.49. The monoisotopic (exact) mass is 215 g/mol. The first-order valence-electron chi connectivity index (χ1n) is 3.90. The summed E-state index contributed by atoms with van der Waals surface area (Å²) in [5.41, 5.74) is 0. The smallest absolute Gasteiger partial charge is 0.473 e. The summed E-state index contributed by atoms with van der Waals surface area (Å²) in [5.74, 6) is -0.254. The second-order valence-corrected chi connectivity index (χ2v) is 5.24. The van der Waals surface area contributed by atoms with Crippen LogP contribution in [0.3, 0.4) is 0 Å². The Labute approximate surface area is 103 Å². The molecule has 0 aromatic carbocycles. The molecular formula is C7H16NaO4Si. The van der Waals surface area contributed by atoms with Gasteiger partial charge in [-0.25, -0.2) is 0 Å². The van der Waals surface area contributed by atoms with Crippen molar-refractivity contribution in [1.82, 2.24) is 0 Å². The van der Waals surface area contributed by atoms with Crippen LogP contribution in [0.25, 0.3) is 0 Å². The second kappa shape index (κ2) is 7.96. The molecule has 0 aromatic heterocycles. The van der Waals surface area contributed by atoms with Crippen molar-refractivity contribution in [2.75, 3.05) is 14.2 Å². The van der Waals surface area contributed by atoms with E-state index in [1.54, 1.807) is 6.55 Å². The molecule has 0 bridgehead atoms. The van der Waals surface area contributed by atoms with E-state index < -0.39 is 8.80 Å². The summed E-state index contributed by atoms with van der Waals surface area (Å²) in [6.07, 6.45) is 1.19. The van der Waals surface area contributed by atoms with Crippen LogP contribution in [0, 0.1) is 0 Å². The van der Waals surface area contributed by atoms with Crippen LogP contribution in [0.2, 0.25) is 6.55 Å². The van der Waals surface area contributed by atoms with Crippen molar-refractivity contribution in [3.05, 3.63) is 0 Å². The van der Waals surface area contributed by atoms with Gasteiger partial charge in [0.05, 0.1) is 0 Å². The van der Waals surface area contributed by atoms with Gasteiger partial charge in [-0.05, 0) is 6.42 Å². The van der Waals surface area contributed by atoms with Crippen LogP contribution >= 0.6 is 0 Å². The second-order valence-electron chi connectivity index (χ2n) is 2.49. The zero-order valence-corrected chi connectivity index (χ0v) is 12.0. The summed E-state index contributed by atoms with van der Waals surface area (Å²) in [5, 5.41) is 0. The minimum atomic E-state index is -2.65. The Morgan fingerprint density at radius 2 is 1.77 bits per heavy atom. The Bertz CT molecular complexity index is 149. The van der Waals surface area contributed by atoms with Crippen molar-refractivity contribution in [2.24, 2.45) is 0 Å². The SMILES string of the molecule is CCCC(=O)O[Si](C)(OC)OC.[Na]. The first kappa shape index (κ1) is 16.1. The maximum absolute atomic E-state index is 11.0. The van der Waals surface area contributed by atoms with Crippen LogP contribution in [0.4, 0.5) is 0 Å². The molecule has 0 aliphatic carbocycles. The molecule has 0 saturated heterocycles. The van der Waals surface area contributed by atoms with Gasteiger partial charge in [0, 0.05) is 56.7 Å². The third kappa shape index (κ3) is 6.65. The first-order chi connectivity index (χ1) is 5.58. The Morgan fingerprint density at radius 3 is 2.08 bits per heavy atom. The minimum Gasteiger partial charge on any atom is -0.473 e. The Morgan fingerprint density at radius 1 is 1.31 bits per heavy atom. The molecule has 0 atom stereocenters. The van der Waals surface area contributed by atoms with Crippen molar-refractivity contribution in [3.63, 3.8) is 0 Å². The van der Waals surface area contributed by atoms with E-state index in [4.69, 9.17) is 13.3 Å². The molecule has 0 unspecified atom stereocenters. The number of rotatable bonds is 5. The zero-order chi connectivity index (χ0) is 9.61. The fraction of sp³-hybridized carbons (Fsp3) is 0.857. The van der Waals surface area contributed by atoms with Crippen molar-refractivity contribution >= 4 is 44.3 Å². The van der Waals surface area contributed by atoms with Crippen LogP contribution < -0.4 is 0 Å². The van der Waals surface area contributed by atoms with Crippen molar-refractivity contribution in [3.8, 4) is 0 Å². The molecule has 0 saturated carbocycles. The normalized spacial score (nSPS) is 10.5. The Balaban J connectivity index is 0. The summed E-state index contributed by atoms with van der Waals surface area (Å²) in [4.78, 5) is 11.0. The molecule has 73 valence electrons. The topological polar surface area (TPSA) is 44.8 Å². The van der Waals surface area contributed by atoms with Gasteiger partial charge < -0.3 is 13.3 Å². The van der Waals surface area contributed by atoms with E-state index in [1.165, 1.54) is 14.2 Å². The third-order valence-corrected chi connectivity index (χ3v) is 3.58. The maximum atomic E-state index is 11.0. The van der Waals surface area contributed by atoms with Crippen LogP contribution in [0.5, 0.6) is 0 Å². The van der Waals surface area contributed by atoms with Gasteiger partial charge in [0.1, 0.15) is 0 Å². The number of carbonyl (C=O) groups is 1. The van der Waals surface area contributed by atoms with E-state index in [9.17, 15) is 4.79 Å². The van der Waals surface area contributed by atoms with Crippen molar-refractivity contribution < 1.29 is 18.1 Å². The molecule has 0 rings (SSSR count). The predicted molar refractivity (Wildman–Crippen MR) is 52.4 cm³/mol.